The topological polar surface area (TPSA) is 98.3 Å². The maximum atomic E-state index is 9.91. The molecule has 0 aliphatic carbocycles. The summed E-state index contributed by atoms with van der Waals surface area (Å²) in [5.74, 6) is 0. The van der Waals surface area contributed by atoms with Crippen molar-refractivity contribution in [2.75, 3.05) is 0 Å². The van der Waals surface area contributed by atoms with E-state index < -0.39 is 13.9 Å². The van der Waals surface area contributed by atoms with Gasteiger partial charge in [0.05, 0.1) is 6.10 Å². The molecule has 0 rings (SSSR count). The molecule has 0 saturated carbocycles. The SMILES string of the molecule is CC(C)OP(=O)(O)O.O. The van der Waals surface area contributed by atoms with Gasteiger partial charge in [-0.15, -0.1) is 0 Å². The van der Waals surface area contributed by atoms with Crippen LogP contribution in [0, 0.1) is 0 Å². The van der Waals surface area contributed by atoms with E-state index in [-0.39, 0.29) is 5.48 Å². The molecule has 0 spiro atoms. The number of hydrogen-bond acceptors (Lipinski definition) is 2. The summed E-state index contributed by atoms with van der Waals surface area (Å²) in [6, 6.07) is 0. The Kier molecular flexibility index (Phi) is 5.22. The van der Waals surface area contributed by atoms with Crippen LogP contribution < -0.4 is 0 Å². The van der Waals surface area contributed by atoms with Gasteiger partial charge in [-0.2, -0.15) is 0 Å². The Labute approximate surface area is 53.2 Å². The van der Waals surface area contributed by atoms with Crippen molar-refractivity contribution < 1.29 is 24.4 Å². The van der Waals surface area contributed by atoms with E-state index in [4.69, 9.17) is 9.79 Å². The lowest BCUT2D eigenvalue weighted by Gasteiger charge is -2.06. The van der Waals surface area contributed by atoms with Crippen LogP contribution in [0.25, 0.3) is 0 Å². The second kappa shape index (κ2) is 3.98. The van der Waals surface area contributed by atoms with Crippen LogP contribution in [-0.2, 0) is 9.09 Å². The highest BCUT2D eigenvalue weighted by Crippen LogP contribution is 2.37. The van der Waals surface area contributed by atoms with Crippen molar-refractivity contribution >= 4 is 7.82 Å². The second-order valence-electron chi connectivity index (χ2n) is 1.64. The molecule has 0 heterocycles. The fourth-order valence-corrected chi connectivity index (χ4v) is 0.824. The molecular formula is C3H11O5P. The first-order valence-electron chi connectivity index (χ1n) is 2.16. The molecule has 5 nitrogen and oxygen atoms in total. The highest BCUT2D eigenvalue weighted by molar-refractivity contribution is 7.46. The van der Waals surface area contributed by atoms with Gasteiger partial charge in [0.25, 0.3) is 0 Å². The van der Waals surface area contributed by atoms with Gasteiger partial charge in [0.1, 0.15) is 0 Å². The summed E-state index contributed by atoms with van der Waals surface area (Å²) in [6.07, 6.45) is -0.421. The predicted molar refractivity (Wildman–Crippen MR) is 31.9 cm³/mol. The molecule has 0 unspecified atom stereocenters. The van der Waals surface area contributed by atoms with Crippen LogP contribution >= 0.6 is 7.82 Å². The van der Waals surface area contributed by atoms with E-state index in [9.17, 15) is 4.57 Å². The Morgan fingerprint density at radius 3 is 1.78 bits per heavy atom. The molecule has 0 aromatic carbocycles. The first-order chi connectivity index (χ1) is 3.42. The van der Waals surface area contributed by atoms with Crippen LogP contribution in [0.3, 0.4) is 0 Å². The molecule has 0 atom stereocenters. The third-order valence-electron chi connectivity index (χ3n) is 0.348. The van der Waals surface area contributed by atoms with Crippen LogP contribution in [-0.4, -0.2) is 21.4 Å². The highest BCUT2D eigenvalue weighted by atomic mass is 31.2. The highest BCUT2D eigenvalue weighted by Gasteiger charge is 2.14. The van der Waals surface area contributed by atoms with E-state index in [0.29, 0.717) is 0 Å². The molecule has 4 N–H and O–H groups in total. The van der Waals surface area contributed by atoms with Gasteiger partial charge in [0.2, 0.25) is 0 Å². The third kappa shape index (κ3) is 11.6. The van der Waals surface area contributed by atoms with Gasteiger partial charge in [-0.05, 0) is 13.8 Å². The average Bonchev–Trinajstić information content (AvgIpc) is 1.21. The Bertz CT molecular complexity index is 105. The largest absolute Gasteiger partial charge is 0.469 e. The van der Waals surface area contributed by atoms with Gasteiger partial charge in [0, 0.05) is 0 Å². The zero-order valence-electron chi connectivity index (χ0n) is 5.24. The molecule has 0 fully saturated rings. The molecule has 0 aliphatic heterocycles. The summed E-state index contributed by atoms with van der Waals surface area (Å²) in [7, 11) is -4.22. The fraction of sp³-hybridized carbons (Fsp3) is 1.00. The van der Waals surface area contributed by atoms with Crippen molar-refractivity contribution in [2.24, 2.45) is 0 Å². The third-order valence-corrected chi connectivity index (χ3v) is 1.04. The van der Waals surface area contributed by atoms with Crippen molar-refractivity contribution in [1.82, 2.24) is 0 Å². The lowest BCUT2D eigenvalue weighted by molar-refractivity contribution is 0.156. The minimum absolute atomic E-state index is 0. The Morgan fingerprint density at radius 2 is 1.78 bits per heavy atom. The maximum Gasteiger partial charge on any atom is 0.469 e. The summed E-state index contributed by atoms with van der Waals surface area (Å²) < 4.78 is 14.0. The lowest BCUT2D eigenvalue weighted by atomic mass is 10.5. The maximum absolute atomic E-state index is 9.91. The van der Waals surface area contributed by atoms with E-state index in [1.807, 2.05) is 0 Å². The Balaban J connectivity index is 0. The zero-order chi connectivity index (χ0) is 6.78. The Hall–Kier alpha value is 0.0700. The molecule has 0 aliphatic rings. The van der Waals surface area contributed by atoms with E-state index >= 15 is 0 Å². The standard InChI is InChI=1S/C3H9O4P.H2O/c1-3(2)7-8(4,5)6;/h3H,1-2H3,(H2,4,5,6);1H2. The van der Waals surface area contributed by atoms with E-state index in [1.165, 1.54) is 0 Å². The van der Waals surface area contributed by atoms with Crippen molar-refractivity contribution in [2.45, 2.75) is 20.0 Å². The van der Waals surface area contributed by atoms with Gasteiger partial charge in [-0.25, -0.2) is 4.57 Å². The van der Waals surface area contributed by atoms with Gasteiger partial charge in [-0.1, -0.05) is 0 Å². The summed E-state index contributed by atoms with van der Waals surface area (Å²) >= 11 is 0. The summed E-state index contributed by atoms with van der Waals surface area (Å²) in [4.78, 5) is 16.2. The molecular weight excluding hydrogens is 147 g/mol. The predicted octanol–water partition coefficient (Wildman–Crippen LogP) is -0.321. The number of phosphoric ester groups is 1. The average molecular weight is 158 g/mol. The minimum Gasteiger partial charge on any atom is -0.412 e. The quantitative estimate of drug-likeness (QED) is 0.538. The minimum atomic E-state index is -4.22. The zero-order valence-corrected chi connectivity index (χ0v) is 6.13. The van der Waals surface area contributed by atoms with Crippen molar-refractivity contribution in [3.05, 3.63) is 0 Å². The molecule has 0 radical (unpaired) electrons. The second-order valence-corrected chi connectivity index (χ2v) is 2.84. The molecule has 0 aromatic rings. The van der Waals surface area contributed by atoms with E-state index in [1.54, 1.807) is 13.8 Å². The molecule has 58 valence electrons. The normalized spacial score (nSPS) is 11.2. The van der Waals surface area contributed by atoms with Crippen LogP contribution in [0.2, 0.25) is 0 Å². The van der Waals surface area contributed by atoms with Crippen molar-refractivity contribution in [1.29, 1.82) is 0 Å². The number of hydrogen-bond donors (Lipinski definition) is 2. The smallest absolute Gasteiger partial charge is 0.412 e. The summed E-state index contributed by atoms with van der Waals surface area (Å²) in [5.41, 5.74) is 0. The summed E-state index contributed by atoms with van der Waals surface area (Å²) in [5, 5.41) is 0. The van der Waals surface area contributed by atoms with Gasteiger partial charge < -0.3 is 15.3 Å². The van der Waals surface area contributed by atoms with E-state index in [0.717, 1.165) is 0 Å². The lowest BCUT2D eigenvalue weighted by Crippen LogP contribution is -1.98. The van der Waals surface area contributed by atoms with Gasteiger partial charge in [-0.3, -0.25) is 4.52 Å². The summed E-state index contributed by atoms with van der Waals surface area (Å²) in [6.45, 7) is 3.11. The molecule has 6 heteroatoms. The van der Waals surface area contributed by atoms with Crippen LogP contribution in [0.1, 0.15) is 13.8 Å². The molecule has 0 saturated heterocycles. The molecule has 9 heavy (non-hydrogen) atoms. The van der Waals surface area contributed by atoms with E-state index in [2.05, 4.69) is 4.52 Å². The number of phosphoric acid groups is 1. The number of rotatable bonds is 2. The molecule has 0 amide bonds. The van der Waals surface area contributed by atoms with Crippen LogP contribution in [0.5, 0.6) is 0 Å². The van der Waals surface area contributed by atoms with Gasteiger partial charge in [0.15, 0.2) is 0 Å². The van der Waals surface area contributed by atoms with Crippen LogP contribution in [0.15, 0.2) is 0 Å². The van der Waals surface area contributed by atoms with Gasteiger partial charge >= 0.3 is 7.82 Å². The Morgan fingerprint density at radius 1 is 1.44 bits per heavy atom. The monoisotopic (exact) mass is 158 g/mol. The fourth-order valence-electron chi connectivity index (χ4n) is 0.275. The molecule has 0 aromatic heterocycles. The van der Waals surface area contributed by atoms with Crippen molar-refractivity contribution in [3.63, 3.8) is 0 Å². The van der Waals surface area contributed by atoms with Crippen LogP contribution in [0.4, 0.5) is 0 Å². The first kappa shape index (κ1) is 11.8. The van der Waals surface area contributed by atoms with Crippen molar-refractivity contribution in [3.8, 4) is 0 Å². The first-order valence-corrected chi connectivity index (χ1v) is 3.69. The molecule has 0 bridgehead atoms.